The molecule has 0 bridgehead atoms. The van der Waals surface area contributed by atoms with Crippen LogP contribution in [0, 0.1) is 0 Å². The standard InChI is InChI=1S/C15H14F2N6OS/c1-9(14-20-21-15(25-14)10-5-3-2-4-6-10)18-13(24)11-7-23(22-19-11)8-12(16)17/h2-7,9,12H,8H2,1H3,(H,18,24)/t9-/m1/s1. The number of carbonyl (C=O) groups is 1. The van der Waals surface area contributed by atoms with E-state index in [-0.39, 0.29) is 5.69 Å². The molecule has 0 radical (unpaired) electrons. The molecular formula is C15H14F2N6OS. The van der Waals surface area contributed by atoms with Crippen LogP contribution in [0.25, 0.3) is 10.6 Å². The summed E-state index contributed by atoms with van der Waals surface area (Å²) in [5.41, 5.74) is 0.917. The molecule has 1 aromatic carbocycles. The third-order valence-corrected chi connectivity index (χ3v) is 4.43. The van der Waals surface area contributed by atoms with Gasteiger partial charge in [-0.3, -0.25) is 4.79 Å². The second-order valence-electron chi connectivity index (χ2n) is 5.22. The third-order valence-electron chi connectivity index (χ3n) is 3.28. The van der Waals surface area contributed by atoms with E-state index in [2.05, 4.69) is 25.8 Å². The summed E-state index contributed by atoms with van der Waals surface area (Å²) in [7, 11) is 0. The normalized spacial score (nSPS) is 12.3. The molecule has 0 aliphatic carbocycles. The molecule has 0 unspecified atom stereocenters. The number of nitrogens with zero attached hydrogens (tertiary/aromatic N) is 5. The van der Waals surface area contributed by atoms with E-state index in [1.165, 1.54) is 17.5 Å². The molecule has 1 amide bonds. The first-order valence-electron chi connectivity index (χ1n) is 7.41. The molecule has 0 spiro atoms. The van der Waals surface area contributed by atoms with Gasteiger partial charge < -0.3 is 5.32 Å². The molecule has 130 valence electrons. The number of nitrogens with one attached hydrogen (secondary N) is 1. The molecule has 7 nitrogen and oxygen atoms in total. The summed E-state index contributed by atoms with van der Waals surface area (Å²) < 4.78 is 25.5. The largest absolute Gasteiger partial charge is 0.342 e. The maximum absolute atomic E-state index is 12.3. The minimum Gasteiger partial charge on any atom is -0.342 e. The summed E-state index contributed by atoms with van der Waals surface area (Å²) in [6.07, 6.45) is -1.38. The summed E-state index contributed by atoms with van der Waals surface area (Å²) in [6, 6.07) is 9.18. The SMILES string of the molecule is C[C@@H](NC(=O)c1cn(CC(F)F)nn1)c1nnc(-c2ccccc2)s1. The monoisotopic (exact) mass is 364 g/mol. The molecule has 0 aliphatic rings. The third kappa shape index (κ3) is 4.21. The maximum atomic E-state index is 12.3. The summed E-state index contributed by atoms with van der Waals surface area (Å²) in [4.78, 5) is 12.1. The Morgan fingerprint density at radius 1 is 1.24 bits per heavy atom. The van der Waals surface area contributed by atoms with Crippen molar-refractivity contribution in [1.29, 1.82) is 0 Å². The van der Waals surface area contributed by atoms with E-state index in [4.69, 9.17) is 0 Å². The molecule has 1 atom stereocenters. The Morgan fingerprint density at radius 3 is 2.72 bits per heavy atom. The lowest BCUT2D eigenvalue weighted by molar-refractivity contribution is 0.0934. The lowest BCUT2D eigenvalue weighted by Gasteiger charge is -2.08. The van der Waals surface area contributed by atoms with Gasteiger partial charge in [0.2, 0.25) is 0 Å². The van der Waals surface area contributed by atoms with Gasteiger partial charge in [-0.05, 0) is 6.92 Å². The zero-order valence-corrected chi connectivity index (χ0v) is 14.0. The molecule has 0 aliphatic heterocycles. The van der Waals surface area contributed by atoms with Gasteiger partial charge in [-0.25, -0.2) is 13.5 Å². The highest BCUT2D eigenvalue weighted by atomic mass is 32.1. The van der Waals surface area contributed by atoms with Crippen LogP contribution in [-0.4, -0.2) is 37.5 Å². The van der Waals surface area contributed by atoms with Crippen LogP contribution >= 0.6 is 11.3 Å². The van der Waals surface area contributed by atoms with Crippen molar-refractivity contribution in [3.8, 4) is 10.6 Å². The lowest BCUT2D eigenvalue weighted by atomic mass is 10.2. The van der Waals surface area contributed by atoms with Crippen LogP contribution in [0.1, 0.15) is 28.5 Å². The fourth-order valence-corrected chi connectivity index (χ4v) is 2.92. The van der Waals surface area contributed by atoms with Gasteiger partial charge in [-0.2, -0.15) is 0 Å². The van der Waals surface area contributed by atoms with Crippen molar-refractivity contribution >= 4 is 17.2 Å². The van der Waals surface area contributed by atoms with E-state index in [1.807, 2.05) is 30.3 Å². The van der Waals surface area contributed by atoms with Gasteiger partial charge in [0, 0.05) is 5.56 Å². The van der Waals surface area contributed by atoms with Gasteiger partial charge in [0.15, 0.2) is 5.69 Å². The van der Waals surface area contributed by atoms with Crippen molar-refractivity contribution < 1.29 is 13.6 Å². The van der Waals surface area contributed by atoms with Crippen LogP contribution < -0.4 is 5.32 Å². The molecule has 3 rings (SSSR count). The number of hydrogen-bond donors (Lipinski definition) is 1. The minimum absolute atomic E-state index is 0.0275. The second-order valence-corrected chi connectivity index (χ2v) is 6.23. The fraction of sp³-hybridized carbons (Fsp3) is 0.267. The van der Waals surface area contributed by atoms with E-state index in [0.29, 0.717) is 5.01 Å². The number of hydrogen-bond acceptors (Lipinski definition) is 6. The average molecular weight is 364 g/mol. The molecule has 0 saturated heterocycles. The summed E-state index contributed by atoms with van der Waals surface area (Å²) in [5.74, 6) is -0.510. The van der Waals surface area contributed by atoms with Gasteiger partial charge in [-0.1, -0.05) is 46.9 Å². The number of aromatic nitrogens is 5. The Labute approximate surface area is 145 Å². The van der Waals surface area contributed by atoms with Crippen molar-refractivity contribution in [2.24, 2.45) is 0 Å². The number of rotatable bonds is 6. The van der Waals surface area contributed by atoms with Crippen molar-refractivity contribution in [1.82, 2.24) is 30.5 Å². The molecule has 1 N–H and O–H groups in total. The van der Waals surface area contributed by atoms with Crippen LogP contribution in [0.2, 0.25) is 0 Å². The maximum Gasteiger partial charge on any atom is 0.274 e. The molecular weight excluding hydrogens is 350 g/mol. The Hall–Kier alpha value is -2.75. The molecule has 3 aromatic rings. The predicted octanol–water partition coefficient (Wildman–Crippen LogP) is 2.55. The quantitative estimate of drug-likeness (QED) is 0.726. The lowest BCUT2D eigenvalue weighted by Crippen LogP contribution is -2.27. The predicted molar refractivity (Wildman–Crippen MR) is 87.3 cm³/mol. The number of alkyl halides is 2. The van der Waals surface area contributed by atoms with Crippen molar-refractivity contribution in [2.45, 2.75) is 25.9 Å². The number of carbonyl (C=O) groups excluding carboxylic acids is 1. The van der Waals surface area contributed by atoms with E-state index < -0.39 is 24.9 Å². The number of amides is 1. The fourth-order valence-electron chi connectivity index (χ4n) is 2.07. The Balaban J connectivity index is 1.66. The van der Waals surface area contributed by atoms with Gasteiger partial charge in [0.05, 0.1) is 12.2 Å². The second kappa shape index (κ2) is 7.43. The number of benzene rings is 1. The van der Waals surface area contributed by atoms with Crippen LogP contribution in [0.3, 0.4) is 0 Å². The summed E-state index contributed by atoms with van der Waals surface area (Å²) >= 11 is 1.37. The summed E-state index contributed by atoms with van der Waals surface area (Å²) in [6.45, 7) is 1.16. The molecule has 25 heavy (non-hydrogen) atoms. The molecule has 0 fully saturated rings. The van der Waals surface area contributed by atoms with Crippen molar-refractivity contribution in [2.75, 3.05) is 0 Å². The topological polar surface area (TPSA) is 85.6 Å². The highest BCUT2D eigenvalue weighted by Crippen LogP contribution is 2.26. The Kier molecular flexibility index (Phi) is 5.08. The van der Waals surface area contributed by atoms with Crippen molar-refractivity contribution in [3.05, 3.63) is 47.2 Å². The first kappa shape index (κ1) is 17.1. The molecule has 0 saturated carbocycles. The van der Waals surface area contributed by atoms with E-state index in [9.17, 15) is 13.6 Å². The van der Waals surface area contributed by atoms with Gasteiger partial charge in [0.25, 0.3) is 12.3 Å². The van der Waals surface area contributed by atoms with E-state index in [1.54, 1.807) is 6.92 Å². The Bertz CT molecular complexity index is 851. The van der Waals surface area contributed by atoms with E-state index >= 15 is 0 Å². The molecule has 2 heterocycles. The minimum atomic E-state index is -2.56. The summed E-state index contributed by atoms with van der Waals surface area (Å²) in [5, 5.41) is 19.4. The van der Waals surface area contributed by atoms with Gasteiger partial charge >= 0.3 is 0 Å². The number of halogens is 2. The van der Waals surface area contributed by atoms with E-state index in [0.717, 1.165) is 15.3 Å². The Morgan fingerprint density at radius 2 is 2.00 bits per heavy atom. The first-order valence-corrected chi connectivity index (χ1v) is 8.22. The van der Waals surface area contributed by atoms with Crippen LogP contribution in [-0.2, 0) is 6.54 Å². The highest BCUT2D eigenvalue weighted by Gasteiger charge is 2.19. The average Bonchev–Trinajstić information content (AvgIpc) is 3.24. The van der Waals surface area contributed by atoms with Gasteiger partial charge in [-0.15, -0.1) is 15.3 Å². The zero-order chi connectivity index (χ0) is 17.8. The molecule has 2 aromatic heterocycles. The smallest absolute Gasteiger partial charge is 0.274 e. The van der Waals surface area contributed by atoms with Gasteiger partial charge in [0.1, 0.15) is 16.6 Å². The van der Waals surface area contributed by atoms with Crippen LogP contribution in [0.5, 0.6) is 0 Å². The highest BCUT2D eigenvalue weighted by molar-refractivity contribution is 7.14. The van der Waals surface area contributed by atoms with Crippen LogP contribution in [0.15, 0.2) is 36.5 Å². The zero-order valence-electron chi connectivity index (χ0n) is 13.1. The molecule has 10 heteroatoms. The van der Waals surface area contributed by atoms with Crippen molar-refractivity contribution in [3.63, 3.8) is 0 Å². The first-order chi connectivity index (χ1) is 12.0. The van der Waals surface area contributed by atoms with Crippen LogP contribution in [0.4, 0.5) is 8.78 Å².